The number of nitrogens with zero attached hydrogens (tertiary/aromatic N) is 1. The van der Waals surface area contributed by atoms with Crippen LogP contribution in [0.2, 0.25) is 0 Å². The molecule has 3 rings (SSSR count). The quantitative estimate of drug-likeness (QED) is 0.840. The Balaban J connectivity index is 2.14. The molecule has 0 spiro atoms. The van der Waals surface area contributed by atoms with Gasteiger partial charge in [-0.25, -0.2) is 0 Å². The van der Waals surface area contributed by atoms with E-state index in [0.717, 1.165) is 27.7 Å². The SMILES string of the molecule is CCC1=C(C)OC(c2cccc3ccccc23)N(CC)C1=O. The largest absolute Gasteiger partial charge is 0.470 e. The van der Waals surface area contributed by atoms with Crippen molar-refractivity contribution in [1.82, 2.24) is 4.90 Å². The average molecular weight is 295 g/mol. The molecule has 1 aliphatic rings. The van der Waals surface area contributed by atoms with Crippen molar-refractivity contribution in [3.63, 3.8) is 0 Å². The van der Waals surface area contributed by atoms with Gasteiger partial charge in [0.15, 0.2) is 0 Å². The number of benzene rings is 2. The van der Waals surface area contributed by atoms with Crippen LogP contribution >= 0.6 is 0 Å². The van der Waals surface area contributed by atoms with Crippen LogP contribution in [0.5, 0.6) is 0 Å². The van der Waals surface area contributed by atoms with E-state index in [4.69, 9.17) is 4.74 Å². The molecule has 0 N–H and O–H groups in total. The maximum atomic E-state index is 12.7. The van der Waals surface area contributed by atoms with Crippen molar-refractivity contribution in [2.24, 2.45) is 0 Å². The summed E-state index contributed by atoms with van der Waals surface area (Å²) in [6, 6.07) is 14.4. The van der Waals surface area contributed by atoms with Crippen LogP contribution in [0.25, 0.3) is 10.8 Å². The van der Waals surface area contributed by atoms with Gasteiger partial charge in [-0.15, -0.1) is 0 Å². The van der Waals surface area contributed by atoms with Crippen molar-refractivity contribution in [2.75, 3.05) is 6.54 Å². The zero-order valence-corrected chi connectivity index (χ0v) is 13.3. The minimum atomic E-state index is -0.348. The molecule has 0 fully saturated rings. The molecule has 1 amide bonds. The minimum absolute atomic E-state index is 0.0895. The molecular formula is C19H21NO2. The molecule has 0 radical (unpaired) electrons. The molecule has 0 bridgehead atoms. The van der Waals surface area contributed by atoms with E-state index in [1.165, 1.54) is 0 Å². The predicted molar refractivity (Wildman–Crippen MR) is 88.2 cm³/mol. The fraction of sp³-hybridized carbons (Fsp3) is 0.316. The molecule has 0 aliphatic carbocycles. The first-order chi connectivity index (χ1) is 10.7. The highest BCUT2D eigenvalue weighted by Crippen LogP contribution is 2.36. The number of hydrogen-bond donors (Lipinski definition) is 0. The first-order valence-corrected chi connectivity index (χ1v) is 7.82. The van der Waals surface area contributed by atoms with Gasteiger partial charge in [0.2, 0.25) is 6.23 Å². The number of amides is 1. The van der Waals surface area contributed by atoms with E-state index < -0.39 is 0 Å². The third kappa shape index (κ3) is 2.27. The summed E-state index contributed by atoms with van der Waals surface area (Å²) in [5.74, 6) is 0.835. The second kappa shape index (κ2) is 5.84. The molecule has 1 atom stereocenters. The standard InChI is InChI=1S/C19H21NO2/c1-4-15-13(3)22-19(20(5-2)18(15)21)17-12-8-10-14-9-6-7-11-16(14)17/h6-12,19H,4-5H2,1-3H3. The Hall–Kier alpha value is -2.29. The summed E-state index contributed by atoms with van der Waals surface area (Å²) in [6.45, 7) is 6.50. The van der Waals surface area contributed by atoms with E-state index in [1.807, 2.05) is 49.9 Å². The molecule has 22 heavy (non-hydrogen) atoms. The summed E-state index contributed by atoms with van der Waals surface area (Å²) in [7, 11) is 0. The van der Waals surface area contributed by atoms with Crippen molar-refractivity contribution in [3.05, 3.63) is 59.4 Å². The van der Waals surface area contributed by atoms with Crippen LogP contribution < -0.4 is 0 Å². The van der Waals surface area contributed by atoms with Crippen molar-refractivity contribution in [1.29, 1.82) is 0 Å². The smallest absolute Gasteiger partial charge is 0.256 e. The van der Waals surface area contributed by atoms with E-state index in [0.29, 0.717) is 13.0 Å². The number of hydrogen-bond acceptors (Lipinski definition) is 2. The highest BCUT2D eigenvalue weighted by molar-refractivity contribution is 5.95. The maximum Gasteiger partial charge on any atom is 0.256 e. The van der Waals surface area contributed by atoms with Gasteiger partial charge in [-0.2, -0.15) is 0 Å². The number of carbonyl (C=O) groups is 1. The number of rotatable bonds is 3. The summed E-state index contributed by atoms with van der Waals surface area (Å²) in [5.41, 5.74) is 1.82. The van der Waals surface area contributed by atoms with Gasteiger partial charge in [-0.1, -0.05) is 49.4 Å². The van der Waals surface area contributed by atoms with Gasteiger partial charge in [-0.05, 0) is 31.0 Å². The Morgan fingerprint density at radius 2 is 1.82 bits per heavy atom. The molecule has 2 aromatic carbocycles. The molecular weight excluding hydrogens is 274 g/mol. The molecule has 114 valence electrons. The zero-order chi connectivity index (χ0) is 15.7. The third-order valence-electron chi connectivity index (χ3n) is 4.30. The van der Waals surface area contributed by atoms with Crippen molar-refractivity contribution < 1.29 is 9.53 Å². The Morgan fingerprint density at radius 3 is 2.55 bits per heavy atom. The Bertz CT molecular complexity index is 743. The first-order valence-electron chi connectivity index (χ1n) is 7.82. The second-order valence-corrected chi connectivity index (χ2v) is 5.52. The Morgan fingerprint density at radius 1 is 1.09 bits per heavy atom. The van der Waals surface area contributed by atoms with Crippen molar-refractivity contribution in [2.45, 2.75) is 33.4 Å². The molecule has 0 saturated heterocycles. The summed E-state index contributed by atoms with van der Waals surface area (Å²) in [6.07, 6.45) is 0.350. The normalized spacial score (nSPS) is 18.8. The Labute approximate surface area is 131 Å². The van der Waals surface area contributed by atoms with Gasteiger partial charge in [0.05, 0.1) is 5.57 Å². The highest BCUT2D eigenvalue weighted by Gasteiger charge is 2.34. The van der Waals surface area contributed by atoms with E-state index in [-0.39, 0.29) is 12.1 Å². The fourth-order valence-electron chi connectivity index (χ4n) is 3.14. The lowest BCUT2D eigenvalue weighted by Crippen LogP contribution is -2.40. The van der Waals surface area contributed by atoms with Crippen LogP contribution in [0.15, 0.2) is 53.8 Å². The lowest BCUT2D eigenvalue weighted by atomic mass is 10.0. The Kier molecular flexibility index (Phi) is 3.88. The van der Waals surface area contributed by atoms with Gasteiger partial charge in [0, 0.05) is 12.1 Å². The first kappa shape index (κ1) is 14.6. The van der Waals surface area contributed by atoms with Crippen LogP contribution in [0, 0.1) is 0 Å². The minimum Gasteiger partial charge on any atom is -0.470 e. The number of carbonyl (C=O) groups excluding carboxylic acids is 1. The van der Waals surface area contributed by atoms with Crippen LogP contribution in [0.3, 0.4) is 0 Å². The average Bonchev–Trinajstić information content (AvgIpc) is 2.54. The van der Waals surface area contributed by atoms with Crippen LogP contribution in [0.4, 0.5) is 0 Å². The van der Waals surface area contributed by atoms with E-state index in [1.54, 1.807) is 0 Å². The predicted octanol–water partition coefficient (Wildman–Crippen LogP) is 4.40. The molecule has 3 heteroatoms. The van der Waals surface area contributed by atoms with Crippen LogP contribution in [0.1, 0.15) is 39.0 Å². The third-order valence-corrected chi connectivity index (χ3v) is 4.30. The number of fused-ring (bicyclic) bond motifs is 1. The molecule has 3 nitrogen and oxygen atoms in total. The lowest BCUT2D eigenvalue weighted by molar-refractivity contribution is -0.144. The van der Waals surface area contributed by atoms with Gasteiger partial charge in [0.1, 0.15) is 5.76 Å². The van der Waals surface area contributed by atoms with Crippen LogP contribution in [-0.4, -0.2) is 17.4 Å². The van der Waals surface area contributed by atoms with Gasteiger partial charge < -0.3 is 4.74 Å². The summed E-state index contributed by atoms with van der Waals surface area (Å²) >= 11 is 0. The summed E-state index contributed by atoms with van der Waals surface area (Å²) in [5, 5.41) is 2.30. The maximum absolute atomic E-state index is 12.7. The van der Waals surface area contributed by atoms with Gasteiger partial charge in [0.25, 0.3) is 5.91 Å². The monoisotopic (exact) mass is 295 g/mol. The van der Waals surface area contributed by atoms with Gasteiger partial charge in [-0.3, -0.25) is 9.69 Å². The molecule has 1 unspecified atom stereocenters. The number of likely N-dealkylation sites (N-methyl/N-ethyl adjacent to an activating group) is 1. The second-order valence-electron chi connectivity index (χ2n) is 5.52. The molecule has 1 aliphatic heterocycles. The fourth-order valence-corrected chi connectivity index (χ4v) is 3.14. The molecule has 1 heterocycles. The molecule has 2 aromatic rings. The van der Waals surface area contributed by atoms with Gasteiger partial charge >= 0.3 is 0 Å². The van der Waals surface area contributed by atoms with E-state index >= 15 is 0 Å². The summed E-state index contributed by atoms with van der Waals surface area (Å²) in [4.78, 5) is 14.5. The topological polar surface area (TPSA) is 29.5 Å². The lowest BCUT2D eigenvalue weighted by Gasteiger charge is -2.37. The summed E-state index contributed by atoms with van der Waals surface area (Å²) < 4.78 is 6.14. The number of allylic oxidation sites excluding steroid dienone is 1. The van der Waals surface area contributed by atoms with Crippen molar-refractivity contribution in [3.8, 4) is 0 Å². The van der Waals surface area contributed by atoms with E-state index in [9.17, 15) is 4.79 Å². The zero-order valence-electron chi connectivity index (χ0n) is 13.3. The van der Waals surface area contributed by atoms with E-state index in [2.05, 4.69) is 18.2 Å². The molecule has 0 aromatic heterocycles. The molecule has 0 saturated carbocycles. The van der Waals surface area contributed by atoms with Crippen LogP contribution in [-0.2, 0) is 9.53 Å². The number of ether oxygens (including phenoxy) is 1. The highest BCUT2D eigenvalue weighted by atomic mass is 16.5. The van der Waals surface area contributed by atoms with Crippen molar-refractivity contribution >= 4 is 16.7 Å².